The van der Waals surface area contributed by atoms with Crippen LogP contribution in [-0.4, -0.2) is 76.5 Å². The lowest BCUT2D eigenvalue weighted by Gasteiger charge is -2.21. The fraction of sp³-hybridized carbons (Fsp3) is 0.643. The number of rotatable bonds is 11. The van der Waals surface area contributed by atoms with Crippen molar-refractivity contribution in [2.45, 2.75) is 6.92 Å². The van der Waals surface area contributed by atoms with Crippen LogP contribution in [0.15, 0.2) is 12.2 Å². The topological polar surface area (TPSA) is 91.4 Å². The maximum Gasteiger partial charge on any atom is 0.331 e. The summed E-state index contributed by atoms with van der Waals surface area (Å²) in [6.45, 7) is 2.92. The molecule has 0 aliphatic carbocycles. The minimum Gasteiger partial charge on any atom is -0.463 e. The van der Waals surface area contributed by atoms with Gasteiger partial charge in [-0.1, -0.05) is 0 Å². The normalized spacial score (nSPS) is 10.5. The van der Waals surface area contributed by atoms with Crippen molar-refractivity contribution in [3.63, 3.8) is 0 Å². The molecule has 0 N–H and O–H groups in total. The third-order valence-electron chi connectivity index (χ3n) is 2.46. The molecule has 0 rings (SSSR count). The lowest BCUT2D eigenvalue weighted by Crippen LogP contribution is -2.39. The van der Waals surface area contributed by atoms with Gasteiger partial charge in [0.05, 0.1) is 19.8 Å². The summed E-state index contributed by atoms with van der Waals surface area (Å²) in [7, 11) is 3.05. The largest absolute Gasteiger partial charge is 0.463 e. The summed E-state index contributed by atoms with van der Waals surface area (Å²) in [6.07, 6.45) is 1.86. The van der Waals surface area contributed by atoms with Crippen LogP contribution < -0.4 is 0 Å². The zero-order valence-electron chi connectivity index (χ0n) is 13.2. The third kappa shape index (κ3) is 9.89. The number of esters is 2. The van der Waals surface area contributed by atoms with Gasteiger partial charge in [-0.05, 0) is 6.92 Å². The first-order valence-electron chi connectivity index (χ1n) is 6.82. The first-order chi connectivity index (χ1) is 10.5. The molecule has 0 saturated carbocycles. The molecule has 0 aliphatic heterocycles. The van der Waals surface area contributed by atoms with E-state index < -0.39 is 18.5 Å². The van der Waals surface area contributed by atoms with Gasteiger partial charge in [-0.15, -0.1) is 0 Å². The number of carbonyl (C=O) groups excluding carboxylic acids is 3. The van der Waals surface area contributed by atoms with Gasteiger partial charge in [0.25, 0.3) is 5.91 Å². The molecule has 0 aromatic carbocycles. The number of hydrogen-bond donors (Lipinski definition) is 0. The number of ether oxygens (including phenoxy) is 4. The van der Waals surface area contributed by atoms with E-state index >= 15 is 0 Å². The molecule has 0 fully saturated rings. The summed E-state index contributed by atoms with van der Waals surface area (Å²) in [5.74, 6) is -1.81. The molecule has 0 unspecified atom stereocenters. The van der Waals surface area contributed by atoms with Gasteiger partial charge in [0.1, 0.15) is 0 Å². The number of nitrogens with zero attached hydrogens (tertiary/aromatic N) is 1. The highest BCUT2D eigenvalue weighted by Gasteiger charge is 2.14. The molecule has 8 heteroatoms. The summed E-state index contributed by atoms with van der Waals surface area (Å²) >= 11 is 0. The molecule has 0 atom stereocenters. The van der Waals surface area contributed by atoms with Gasteiger partial charge in [0.2, 0.25) is 0 Å². The smallest absolute Gasteiger partial charge is 0.331 e. The van der Waals surface area contributed by atoms with Gasteiger partial charge < -0.3 is 23.8 Å². The predicted octanol–water partition coefficient (Wildman–Crippen LogP) is -0.230. The maximum absolute atomic E-state index is 11.9. The second-order valence-corrected chi connectivity index (χ2v) is 4.06. The second-order valence-electron chi connectivity index (χ2n) is 4.06. The van der Waals surface area contributed by atoms with Gasteiger partial charge >= 0.3 is 11.9 Å². The Balaban J connectivity index is 4.24. The van der Waals surface area contributed by atoms with E-state index in [4.69, 9.17) is 14.2 Å². The van der Waals surface area contributed by atoms with Gasteiger partial charge in [-0.2, -0.15) is 0 Å². The maximum atomic E-state index is 11.9. The lowest BCUT2D eigenvalue weighted by molar-refractivity contribution is -0.149. The zero-order valence-corrected chi connectivity index (χ0v) is 13.2. The molecule has 0 radical (unpaired) electrons. The minimum atomic E-state index is -0.792. The Bertz CT molecular complexity index is 373. The molecule has 0 spiro atoms. The molecular weight excluding hydrogens is 294 g/mol. The van der Waals surface area contributed by atoms with E-state index in [1.165, 1.54) is 19.1 Å². The number of amides is 1. The van der Waals surface area contributed by atoms with Gasteiger partial charge in [-0.25, -0.2) is 9.59 Å². The van der Waals surface area contributed by atoms with Gasteiger partial charge in [-0.3, -0.25) is 4.79 Å². The first kappa shape index (κ1) is 20.1. The first-order valence-corrected chi connectivity index (χ1v) is 6.82. The fourth-order valence-electron chi connectivity index (χ4n) is 1.36. The van der Waals surface area contributed by atoms with E-state index in [-0.39, 0.29) is 12.5 Å². The average Bonchev–Trinajstić information content (AvgIpc) is 2.51. The SMILES string of the molecule is CCOC(=O)/C=C/C(=O)OCC(=O)N(CCOC)CCOC. The van der Waals surface area contributed by atoms with Crippen molar-refractivity contribution in [3.8, 4) is 0 Å². The Morgan fingerprint density at radius 3 is 1.86 bits per heavy atom. The highest BCUT2D eigenvalue weighted by Crippen LogP contribution is 1.94. The summed E-state index contributed by atoms with van der Waals surface area (Å²) in [6, 6.07) is 0. The van der Waals surface area contributed by atoms with E-state index in [1.54, 1.807) is 6.92 Å². The monoisotopic (exact) mass is 317 g/mol. The molecule has 0 bridgehead atoms. The number of hydrogen-bond acceptors (Lipinski definition) is 7. The molecule has 126 valence electrons. The Morgan fingerprint density at radius 1 is 0.909 bits per heavy atom. The molecule has 0 aliphatic rings. The third-order valence-corrected chi connectivity index (χ3v) is 2.46. The Morgan fingerprint density at radius 2 is 1.41 bits per heavy atom. The standard InChI is InChI=1S/C14H23NO7/c1-4-21-13(17)5-6-14(18)22-11-12(16)15(7-9-19-2)8-10-20-3/h5-6H,4,7-11H2,1-3H3/b6-5+. The van der Waals surface area contributed by atoms with E-state index in [9.17, 15) is 14.4 Å². The van der Waals surface area contributed by atoms with Crippen LogP contribution in [0.25, 0.3) is 0 Å². The Hall–Kier alpha value is -1.93. The van der Waals surface area contributed by atoms with Gasteiger partial charge in [0.15, 0.2) is 6.61 Å². The summed E-state index contributed by atoms with van der Waals surface area (Å²) in [5, 5.41) is 0. The van der Waals surface area contributed by atoms with Crippen molar-refractivity contribution in [2.24, 2.45) is 0 Å². The van der Waals surface area contributed by atoms with Crippen LogP contribution in [0.4, 0.5) is 0 Å². The molecule has 0 aromatic rings. The zero-order chi connectivity index (χ0) is 16.8. The molecular formula is C14H23NO7. The van der Waals surface area contributed by atoms with Crippen molar-refractivity contribution in [2.75, 3.05) is 53.7 Å². The molecule has 0 saturated heterocycles. The van der Waals surface area contributed by atoms with Crippen molar-refractivity contribution in [1.82, 2.24) is 4.90 Å². The van der Waals surface area contributed by atoms with Crippen LogP contribution in [0.3, 0.4) is 0 Å². The summed E-state index contributed by atoms with van der Waals surface area (Å²) in [4.78, 5) is 35.8. The highest BCUT2D eigenvalue weighted by molar-refractivity contribution is 5.92. The Labute approximate surface area is 129 Å². The fourth-order valence-corrected chi connectivity index (χ4v) is 1.36. The van der Waals surface area contributed by atoms with E-state index in [0.717, 1.165) is 12.2 Å². The van der Waals surface area contributed by atoms with Crippen molar-refractivity contribution < 1.29 is 33.3 Å². The van der Waals surface area contributed by atoms with Crippen LogP contribution in [0, 0.1) is 0 Å². The molecule has 0 heterocycles. The number of methoxy groups -OCH3 is 2. The van der Waals surface area contributed by atoms with Crippen molar-refractivity contribution >= 4 is 17.8 Å². The van der Waals surface area contributed by atoms with E-state index in [0.29, 0.717) is 26.3 Å². The van der Waals surface area contributed by atoms with Gasteiger partial charge in [0, 0.05) is 39.5 Å². The summed E-state index contributed by atoms with van der Waals surface area (Å²) < 4.78 is 19.2. The average molecular weight is 317 g/mol. The molecule has 22 heavy (non-hydrogen) atoms. The predicted molar refractivity (Wildman–Crippen MR) is 77.1 cm³/mol. The lowest BCUT2D eigenvalue weighted by atomic mass is 10.4. The van der Waals surface area contributed by atoms with Crippen molar-refractivity contribution in [3.05, 3.63) is 12.2 Å². The highest BCUT2D eigenvalue weighted by atomic mass is 16.5. The van der Waals surface area contributed by atoms with Crippen molar-refractivity contribution in [1.29, 1.82) is 0 Å². The second kappa shape index (κ2) is 12.8. The van der Waals surface area contributed by atoms with Crippen LogP contribution in [-0.2, 0) is 33.3 Å². The van der Waals surface area contributed by atoms with E-state index in [1.807, 2.05) is 0 Å². The Kier molecular flexibility index (Phi) is 11.7. The van der Waals surface area contributed by atoms with E-state index in [2.05, 4.69) is 4.74 Å². The van der Waals surface area contributed by atoms with Crippen LogP contribution in [0.1, 0.15) is 6.92 Å². The number of carbonyl (C=O) groups is 3. The molecule has 0 aromatic heterocycles. The molecule has 1 amide bonds. The molecule has 8 nitrogen and oxygen atoms in total. The van der Waals surface area contributed by atoms with Crippen LogP contribution in [0.2, 0.25) is 0 Å². The summed E-state index contributed by atoms with van der Waals surface area (Å²) in [5.41, 5.74) is 0. The van der Waals surface area contributed by atoms with Crippen LogP contribution >= 0.6 is 0 Å². The quantitative estimate of drug-likeness (QED) is 0.384. The minimum absolute atomic E-state index is 0.213. The van der Waals surface area contributed by atoms with Crippen LogP contribution in [0.5, 0.6) is 0 Å².